The van der Waals surface area contributed by atoms with Gasteiger partial charge >= 0.3 is 0 Å². The molecule has 1 saturated heterocycles. The van der Waals surface area contributed by atoms with Crippen LogP contribution in [0.25, 0.3) is 0 Å². The smallest absolute Gasteiger partial charge is 0.257 e. The lowest BCUT2D eigenvalue weighted by Gasteiger charge is -2.35. The van der Waals surface area contributed by atoms with E-state index < -0.39 is 0 Å². The zero-order chi connectivity index (χ0) is 25.1. The van der Waals surface area contributed by atoms with Crippen LogP contribution in [0, 0.1) is 20.8 Å². The van der Waals surface area contributed by atoms with E-state index >= 15 is 0 Å². The first-order valence-corrected chi connectivity index (χ1v) is 13.0. The lowest BCUT2D eigenvalue weighted by molar-refractivity contribution is -0.134. The van der Waals surface area contributed by atoms with Crippen LogP contribution in [0.5, 0.6) is 0 Å². The van der Waals surface area contributed by atoms with Gasteiger partial charge in [0.2, 0.25) is 0 Å². The second-order valence-corrected chi connectivity index (χ2v) is 10.2. The molecule has 5 rings (SSSR count). The molecule has 2 aliphatic rings. The van der Waals surface area contributed by atoms with Crippen LogP contribution in [-0.4, -0.2) is 59.2 Å². The molecule has 186 valence electrons. The first kappa shape index (κ1) is 24.4. The quantitative estimate of drug-likeness (QED) is 0.492. The van der Waals surface area contributed by atoms with Crippen LogP contribution < -0.4 is 0 Å². The predicted octanol–water partition coefficient (Wildman–Crippen LogP) is 5.11. The maximum absolute atomic E-state index is 13.7. The molecule has 0 N–H and O–H groups in total. The molecule has 0 radical (unpaired) electrons. The van der Waals surface area contributed by atoms with E-state index in [4.69, 9.17) is 5.10 Å². The number of benzene rings is 3. The van der Waals surface area contributed by atoms with Crippen molar-refractivity contribution in [3.63, 3.8) is 0 Å². The van der Waals surface area contributed by atoms with E-state index in [1.54, 1.807) is 5.01 Å². The highest BCUT2D eigenvalue weighted by Gasteiger charge is 2.35. The van der Waals surface area contributed by atoms with Gasteiger partial charge in [-0.3, -0.25) is 14.6 Å². The van der Waals surface area contributed by atoms with E-state index in [1.807, 2.05) is 0 Å². The average molecular weight is 481 g/mol. The van der Waals surface area contributed by atoms with Crippen molar-refractivity contribution < 1.29 is 4.79 Å². The van der Waals surface area contributed by atoms with Crippen LogP contribution in [0.4, 0.5) is 0 Å². The zero-order valence-corrected chi connectivity index (χ0v) is 21.7. The molecule has 0 spiro atoms. The Hall–Kier alpha value is -3.28. The largest absolute Gasteiger partial charge is 0.297 e. The molecule has 0 saturated carbocycles. The number of nitrogens with zero attached hydrogens (tertiary/aromatic N) is 4. The molecule has 2 aliphatic heterocycles. The van der Waals surface area contributed by atoms with Gasteiger partial charge in [-0.15, -0.1) is 0 Å². The first-order valence-electron chi connectivity index (χ1n) is 13.0. The lowest BCUT2D eigenvalue weighted by atomic mass is 9.93. The molecule has 0 aliphatic carbocycles. The molecule has 1 amide bonds. The molecule has 36 heavy (non-hydrogen) atoms. The van der Waals surface area contributed by atoms with Crippen LogP contribution in [0.3, 0.4) is 0 Å². The van der Waals surface area contributed by atoms with Crippen molar-refractivity contribution in [2.24, 2.45) is 5.10 Å². The Balaban J connectivity index is 1.30. The molecule has 5 nitrogen and oxygen atoms in total. The highest BCUT2D eigenvalue weighted by Crippen LogP contribution is 2.35. The van der Waals surface area contributed by atoms with Gasteiger partial charge in [-0.2, -0.15) is 5.10 Å². The number of hydrogen-bond donors (Lipinski definition) is 0. The molecule has 0 unspecified atom stereocenters. The average Bonchev–Trinajstić information content (AvgIpc) is 3.31. The van der Waals surface area contributed by atoms with Gasteiger partial charge in [-0.1, -0.05) is 78.4 Å². The highest BCUT2D eigenvalue weighted by molar-refractivity contribution is 6.04. The minimum atomic E-state index is -0.0613. The van der Waals surface area contributed by atoms with Crippen molar-refractivity contribution in [2.75, 3.05) is 32.7 Å². The maximum Gasteiger partial charge on any atom is 0.257 e. The molecule has 1 fully saturated rings. The van der Waals surface area contributed by atoms with Crippen molar-refractivity contribution in [3.05, 3.63) is 106 Å². The summed E-state index contributed by atoms with van der Waals surface area (Å²) in [5, 5.41) is 6.72. The summed E-state index contributed by atoms with van der Waals surface area (Å²) in [6.45, 7) is 11.5. The van der Waals surface area contributed by atoms with Gasteiger partial charge in [0.05, 0.1) is 18.3 Å². The van der Waals surface area contributed by atoms with Gasteiger partial charge in [0, 0.05) is 44.7 Å². The van der Waals surface area contributed by atoms with Gasteiger partial charge in [0.25, 0.3) is 5.91 Å². The molecule has 0 aromatic heterocycles. The second-order valence-electron chi connectivity index (χ2n) is 10.2. The fourth-order valence-corrected chi connectivity index (χ4v) is 5.45. The molecule has 2 heterocycles. The van der Waals surface area contributed by atoms with E-state index in [0.29, 0.717) is 6.54 Å². The van der Waals surface area contributed by atoms with Crippen LogP contribution in [-0.2, 0) is 11.3 Å². The monoisotopic (exact) mass is 480 g/mol. The number of carbonyl (C=O) groups is 1. The third-order valence-corrected chi connectivity index (χ3v) is 7.48. The van der Waals surface area contributed by atoms with Gasteiger partial charge in [-0.25, -0.2) is 5.01 Å². The minimum absolute atomic E-state index is 0.0613. The minimum Gasteiger partial charge on any atom is -0.297 e. The summed E-state index contributed by atoms with van der Waals surface area (Å²) in [6.07, 6.45) is 0.741. The van der Waals surface area contributed by atoms with E-state index in [2.05, 4.69) is 103 Å². The summed E-state index contributed by atoms with van der Waals surface area (Å²) in [6, 6.07) is 25.4. The zero-order valence-electron chi connectivity index (χ0n) is 21.7. The SMILES string of the molecule is Cc1ccc(C2=NN(C(=O)CN3CCN(Cc4ccccc4)CC3)[C@@H](c3ccccc3C)C2)c(C)c1. The number of aryl methyl sites for hydroxylation is 3. The van der Waals surface area contributed by atoms with E-state index in [1.165, 1.54) is 27.8 Å². The number of hydrazone groups is 1. The lowest BCUT2D eigenvalue weighted by Crippen LogP contribution is -2.49. The Bertz CT molecular complexity index is 1240. The van der Waals surface area contributed by atoms with Crippen molar-refractivity contribution >= 4 is 11.6 Å². The number of rotatable bonds is 6. The second kappa shape index (κ2) is 10.8. The number of amides is 1. The summed E-state index contributed by atoms with van der Waals surface area (Å²) >= 11 is 0. The summed E-state index contributed by atoms with van der Waals surface area (Å²) in [7, 11) is 0. The van der Waals surface area contributed by atoms with E-state index in [-0.39, 0.29) is 11.9 Å². The number of carbonyl (C=O) groups excluding carboxylic acids is 1. The standard InChI is InChI=1S/C31H36N4O/c1-23-13-14-27(25(3)19-23)29-20-30(28-12-8-7-9-24(28)2)35(32-29)31(36)22-34-17-15-33(16-18-34)21-26-10-5-4-6-11-26/h4-14,19,30H,15-18,20-22H2,1-3H3/t30-/m1/s1. The summed E-state index contributed by atoms with van der Waals surface area (Å²) in [5.74, 6) is 0.0829. The van der Waals surface area contributed by atoms with Crippen LogP contribution in [0.1, 0.15) is 45.8 Å². The Morgan fingerprint density at radius 2 is 1.53 bits per heavy atom. The fraction of sp³-hybridized carbons (Fsp3) is 0.355. The molecular formula is C31H36N4O. The summed E-state index contributed by atoms with van der Waals surface area (Å²) in [4.78, 5) is 18.4. The third kappa shape index (κ3) is 5.43. The molecule has 3 aromatic carbocycles. The summed E-state index contributed by atoms with van der Waals surface area (Å²) in [5.41, 5.74) is 8.32. The Kier molecular flexibility index (Phi) is 7.30. The Labute approximate surface area is 215 Å². The molecular weight excluding hydrogens is 444 g/mol. The predicted molar refractivity (Wildman–Crippen MR) is 146 cm³/mol. The number of hydrogen-bond acceptors (Lipinski definition) is 4. The molecule has 1 atom stereocenters. The van der Waals surface area contributed by atoms with E-state index in [0.717, 1.165) is 50.4 Å². The van der Waals surface area contributed by atoms with Gasteiger partial charge in [-0.05, 0) is 43.0 Å². The molecule has 3 aromatic rings. The van der Waals surface area contributed by atoms with Gasteiger partial charge in [0.15, 0.2) is 0 Å². The highest BCUT2D eigenvalue weighted by atomic mass is 16.2. The third-order valence-electron chi connectivity index (χ3n) is 7.48. The Morgan fingerprint density at radius 3 is 2.25 bits per heavy atom. The molecule has 0 bridgehead atoms. The van der Waals surface area contributed by atoms with Gasteiger partial charge < -0.3 is 0 Å². The summed E-state index contributed by atoms with van der Waals surface area (Å²) < 4.78 is 0. The van der Waals surface area contributed by atoms with Gasteiger partial charge in [0.1, 0.15) is 0 Å². The first-order chi connectivity index (χ1) is 17.5. The maximum atomic E-state index is 13.7. The van der Waals surface area contributed by atoms with Crippen molar-refractivity contribution in [1.82, 2.24) is 14.8 Å². The number of piperazine rings is 1. The van der Waals surface area contributed by atoms with Crippen molar-refractivity contribution in [2.45, 2.75) is 39.8 Å². The van der Waals surface area contributed by atoms with Crippen molar-refractivity contribution in [1.29, 1.82) is 0 Å². The van der Waals surface area contributed by atoms with Crippen LogP contribution >= 0.6 is 0 Å². The Morgan fingerprint density at radius 1 is 0.833 bits per heavy atom. The van der Waals surface area contributed by atoms with Crippen LogP contribution in [0.15, 0.2) is 77.9 Å². The van der Waals surface area contributed by atoms with E-state index in [9.17, 15) is 4.79 Å². The normalized spacial score (nSPS) is 18.9. The molecule has 5 heteroatoms. The van der Waals surface area contributed by atoms with Crippen molar-refractivity contribution in [3.8, 4) is 0 Å². The fourth-order valence-electron chi connectivity index (χ4n) is 5.45. The van der Waals surface area contributed by atoms with Crippen LogP contribution in [0.2, 0.25) is 0 Å². The topological polar surface area (TPSA) is 39.2 Å².